The largest absolute Gasteiger partial charge is 0.368 e. The summed E-state index contributed by atoms with van der Waals surface area (Å²) >= 11 is 7.40. The van der Waals surface area contributed by atoms with Crippen molar-refractivity contribution in [3.63, 3.8) is 0 Å². The van der Waals surface area contributed by atoms with Crippen LogP contribution in [0.4, 0.5) is 11.4 Å². The van der Waals surface area contributed by atoms with Crippen molar-refractivity contribution in [3.8, 4) is 5.69 Å². The van der Waals surface area contributed by atoms with Gasteiger partial charge in [0.1, 0.15) is 6.33 Å². The second kappa shape index (κ2) is 9.36. The van der Waals surface area contributed by atoms with Crippen molar-refractivity contribution in [2.24, 2.45) is 0 Å². The van der Waals surface area contributed by atoms with Crippen LogP contribution < -0.4 is 4.90 Å². The van der Waals surface area contributed by atoms with Gasteiger partial charge in [-0.05, 0) is 30.3 Å². The van der Waals surface area contributed by atoms with E-state index >= 15 is 0 Å². The van der Waals surface area contributed by atoms with Gasteiger partial charge in [-0.3, -0.25) is 19.5 Å². The Morgan fingerprint density at radius 1 is 1.10 bits per heavy atom. The van der Waals surface area contributed by atoms with Crippen molar-refractivity contribution in [2.75, 3.05) is 36.8 Å². The molecule has 1 saturated heterocycles. The fourth-order valence-corrected chi connectivity index (χ4v) is 4.36. The number of aromatic nitrogens is 3. The van der Waals surface area contributed by atoms with Crippen LogP contribution in [0.15, 0.2) is 60.0 Å². The molecule has 31 heavy (non-hydrogen) atoms. The number of hydrogen-bond acceptors (Lipinski definition) is 7. The van der Waals surface area contributed by atoms with Gasteiger partial charge in [0.05, 0.1) is 16.4 Å². The minimum absolute atomic E-state index is 0.0361. The normalized spacial score (nSPS) is 14.0. The van der Waals surface area contributed by atoms with Crippen molar-refractivity contribution in [1.29, 1.82) is 0 Å². The van der Waals surface area contributed by atoms with Gasteiger partial charge in [-0.15, -0.1) is 10.2 Å². The smallest absolute Gasteiger partial charge is 0.269 e. The van der Waals surface area contributed by atoms with Crippen LogP contribution in [0.1, 0.15) is 0 Å². The first-order valence-electron chi connectivity index (χ1n) is 9.57. The van der Waals surface area contributed by atoms with E-state index in [1.807, 2.05) is 23.1 Å². The SMILES string of the molecule is O=C(CSc1nncn1-c1cccc(Cl)c1)N1CCN(c2ccc([N+](=O)[O-])cc2)CC1. The summed E-state index contributed by atoms with van der Waals surface area (Å²) in [4.78, 5) is 27.0. The highest BCUT2D eigenvalue weighted by atomic mass is 35.5. The Morgan fingerprint density at radius 2 is 1.84 bits per heavy atom. The van der Waals surface area contributed by atoms with Crippen LogP contribution in [0.5, 0.6) is 0 Å². The lowest BCUT2D eigenvalue weighted by atomic mass is 10.2. The lowest BCUT2D eigenvalue weighted by molar-refractivity contribution is -0.384. The first-order chi connectivity index (χ1) is 15.0. The van der Waals surface area contributed by atoms with E-state index < -0.39 is 4.92 Å². The molecule has 1 aliphatic heterocycles. The number of benzene rings is 2. The lowest BCUT2D eigenvalue weighted by Crippen LogP contribution is -2.49. The highest BCUT2D eigenvalue weighted by Gasteiger charge is 2.22. The number of halogens is 1. The first-order valence-corrected chi connectivity index (χ1v) is 10.9. The van der Waals surface area contributed by atoms with Gasteiger partial charge in [0.15, 0.2) is 5.16 Å². The number of amides is 1. The molecule has 0 unspecified atom stereocenters. The van der Waals surface area contributed by atoms with Crippen LogP contribution in [-0.2, 0) is 4.79 Å². The van der Waals surface area contributed by atoms with Crippen LogP contribution in [0, 0.1) is 10.1 Å². The number of non-ortho nitro benzene ring substituents is 1. The molecule has 1 aliphatic rings. The van der Waals surface area contributed by atoms with E-state index in [4.69, 9.17) is 11.6 Å². The van der Waals surface area contributed by atoms with Crippen molar-refractivity contribution in [3.05, 3.63) is 70.0 Å². The van der Waals surface area contributed by atoms with Crippen LogP contribution in [0.2, 0.25) is 5.02 Å². The topological polar surface area (TPSA) is 97.4 Å². The second-order valence-corrected chi connectivity index (χ2v) is 8.27. The van der Waals surface area contributed by atoms with Crippen molar-refractivity contribution < 1.29 is 9.72 Å². The number of anilines is 1. The second-order valence-electron chi connectivity index (χ2n) is 6.89. The number of carbonyl (C=O) groups excluding carboxylic acids is 1. The fourth-order valence-electron chi connectivity index (χ4n) is 3.34. The van der Waals surface area contributed by atoms with E-state index in [0.717, 1.165) is 11.4 Å². The van der Waals surface area contributed by atoms with E-state index in [1.54, 1.807) is 29.1 Å². The third-order valence-corrected chi connectivity index (χ3v) is 6.15. The third kappa shape index (κ3) is 4.97. The Balaban J connectivity index is 1.31. The molecule has 0 saturated carbocycles. The molecule has 0 atom stereocenters. The highest BCUT2D eigenvalue weighted by molar-refractivity contribution is 7.99. The summed E-state index contributed by atoms with van der Waals surface area (Å²) in [6, 6.07) is 13.8. The zero-order valence-corrected chi connectivity index (χ0v) is 18.0. The molecule has 0 radical (unpaired) electrons. The Labute approximate surface area is 187 Å². The van der Waals surface area contributed by atoms with Crippen molar-refractivity contribution >= 4 is 40.6 Å². The summed E-state index contributed by atoms with van der Waals surface area (Å²) in [5.41, 5.74) is 1.83. The molecule has 0 spiro atoms. The molecule has 4 rings (SSSR count). The number of nitro benzene ring substituents is 1. The van der Waals surface area contributed by atoms with E-state index in [1.165, 1.54) is 23.9 Å². The molecular formula is C20H19ClN6O3S. The van der Waals surface area contributed by atoms with Gasteiger partial charge in [-0.2, -0.15) is 0 Å². The Bertz CT molecular complexity index is 1080. The number of hydrogen-bond donors (Lipinski definition) is 0. The summed E-state index contributed by atoms with van der Waals surface area (Å²) in [5.74, 6) is 0.297. The van der Waals surface area contributed by atoms with E-state index in [2.05, 4.69) is 15.1 Å². The molecule has 3 aromatic rings. The molecule has 1 aromatic heterocycles. The van der Waals surface area contributed by atoms with Crippen LogP contribution >= 0.6 is 23.4 Å². The molecule has 1 amide bonds. The van der Waals surface area contributed by atoms with Crippen molar-refractivity contribution in [2.45, 2.75) is 5.16 Å². The van der Waals surface area contributed by atoms with Crippen LogP contribution in [-0.4, -0.2) is 62.4 Å². The molecule has 1 fully saturated rings. The van der Waals surface area contributed by atoms with E-state index in [9.17, 15) is 14.9 Å². The monoisotopic (exact) mass is 458 g/mol. The molecule has 2 heterocycles. The number of carbonyl (C=O) groups is 1. The molecule has 2 aromatic carbocycles. The quantitative estimate of drug-likeness (QED) is 0.317. The maximum atomic E-state index is 12.7. The summed E-state index contributed by atoms with van der Waals surface area (Å²) in [6.45, 7) is 2.54. The van der Waals surface area contributed by atoms with Gasteiger partial charge in [-0.1, -0.05) is 29.4 Å². The summed E-state index contributed by atoms with van der Waals surface area (Å²) in [6.07, 6.45) is 1.60. The highest BCUT2D eigenvalue weighted by Crippen LogP contribution is 2.23. The number of piperazine rings is 1. The van der Waals surface area contributed by atoms with Crippen LogP contribution in [0.25, 0.3) is 5.69 Å². The predicted molar refractivity (Wildman–Crippen MR) is 119 cm³/mol. The summed E-state index contributed by atoms with van der Waals surface area (Å²) in [7, 11) is 0. The third-order valence-electron chi connectivity index (χ3n) is 4.99. The number of nitro groups is 1. The van der Waals surface area contributed by atoms with Crippen molar-refractivity contribution in [1.82, 2.24) is 19.7 Å². The number of nitrogens with zero attached hydrogens (tertiary/aromatic N) is 6. The average molecular weight is 459 g/mol. The standard InChI is InChI=1S/C20H19ClN6O3S/c21-15-2-1-3-18(12-15)26-14-22-23-20(26)31-13-19(28)25-10-8-24(9-11-25)16-4-6-17(7-5-16)27(29)30/h1-7,12,14H,8-11,13H2. The van der Waals surface area contributed by atoms with Gasteiger partial charge < -0.3 is 9.80 Å². The zero-order valence-electron chi connectivity index (χ0n) is 16.4. The molecule has 0 aliphatic carbocycles. The number of rotatable bonds is 6. The maximum absolute atomic E-state index is 12.7. The summed E-state index contributed by atoms with van der Waals surface area (Å²) in [5, 5.41) is 20.1. The molecular weight excluding hydrogens is 440 g/mol. The number of thioether (sulfide) groups is 1. The van der Waals surface area contributed by atoms with Gasteiger partial charge in [-0.25, -0.2) is 0 Å². The van der Waals surface area contributed by atoms with Gasteiger partial charge in [0.2, 0.25) is 5.91 Å². The minimum Gasteiger partial charge on any atom is -0.368 e. The molecule has 11 heteroatoms. The predicted octanol–water partition coefficient (Wildman–Crippen LogP) is 3.27. The fraction of sp³-hybridized carbons (Fsp3) is 0.250. The summed E-state index contributed by atoms with van der Waals surface area (Å²) < 4.78 is 1.80. The Kier molecular flexibility index (Phi) is 6.38. The van der Waals surface area contributed by atoms with Gasteiger partial charge in [0, 0.05) is 49.0 Å². The van der Waals surface area contributed by atoms with E-state index in [0.29, 0.717) is 36.4 Å². The van der Waals surface area contributed by atoms with E-state index in [-0.39, 0.29) is 17.3 Å². The molecule has 9 nitrogen and oxygen atoms in total. The Morgan fingerprint density at radius 3 is 2.52 bits per heavy atom. The maximum Gasteiger partial charge on any atom is 0.269 e. The lowest BCUT2D eigenvalue weighted by Gasteiger charge is -2.36. The zero-order chi connectivity index (χ0) is 21.8. The molecule has 0 N–H and O–H groups in total. The molecule has 0 bridgehead atoms. The first kappa shape index (κ1) is 21.1. The van der Waals surface area contributed by atoms with Gasteiger partial charge in [0.25, 0.3) is 5.69 Å². The molecule has 160 valence electrons. The average Bonchev–Trinajstić information content (AvgIpc) is 3.26. The van der Waals surface area contributed by atoms with Gasteiger partial charge >= 0.3 is 0 Å². The van der Waals surface area contributed by atoms with Crippen LogP contribution in [0.3, 0.4) is 0 Å². The Hall–Kier alpha value is -3.11. The minimum atomic E-state index is -0.411.